The van der Waals surface area contributed by atoms with Crippen LogP contribution in [0.5, 0.6) is 0 Å². The number of hydrogen-bond acceptors (Lipinski definition) is 2. The molecule has 0 aromatic heterocycles. The molecule has 0 N–H and O–H groups in total. The lowest BCUT2D eigenvalue weighted by molar-refractivity contribution is -0.428. The van der Waals surface area contributed by atoms with Crippen LogP contribution in [0.3, 0.4) is 0 Å². The van der Waals surface area contributed by atoms with Gasteiger partial charge >= 0.3 is 6.29 Å². The molecule has 0 radical (unpaired) electrons. The Balaban J connectivity index is 1.64. The van der Waals surface area contributed by atoms with Crippen LogP contribution in [0, 0.1) is 11.8 Å². The molecule has 1 saturated carbocycles. The maximum absolute atomic E-state index is 12.9. The van der Waals surface area contributed by atoms with Gasteiger partial charge in [-0.05, 0) is 31.1 Å². The normalized spacial score (nSPS) is 35.2. The molecule has 0 aromatic rings. The highest BCUT2D eigenvalue weighted by atomic mass is 19.3. The zero-order valence-electron chi connectivity index (χ0n) is 11.9. The van der Waals surface area contributed by atoms with E-state index in [1.807, 2.05) is 0 Å². The van der Waals surface area contributed by atoms with Crippen molar-refractivity contribution >= 4 is 0 Å². The quantitative estimate of drug-likeness (QED) is 0.722. The predicted octanol–water partition coefficient (Wildman–Crippen LogP) is 4.73. The van der Waals surface area contributed by atoms with Gasteiger partial charge in [-0.15, -0.1) is 8.78 Å². The molecule has 2 rings (SSSR count). The zero-order chi connectivity index (χ0) is 13.7. The lowest BCUT2D eigenvalue weighted by atomic mass is 9.78. The third kappa shape index (κ3) is 4.99. The van der Waals surface area contributed by atoms with Gasteiger partial charge in [-0.1, -0.05) is 45.4 Å². The summed E-state index contributed by atoms with van der Waals surface area (Å²) in [5.74, 6) is 1.62. The average molecular weight is 276 g/mol. The second-order valence-electron chi connectivity index (χ2n) is 6.09. The van der Waals surface area contributed by atoms with Crippen LogP contribution in [0.2, 0.25) is 0 Å². The predicted molar refractivity (Wildman–Crippen MR) is 70.0 cm³/mol. The first-order valence-electron chi connectivity index (χ1n) is 7.78. The summed E-state index contributed by atoms with van der Waals surface area (Å²) >= 11 is 0. The minimum atomic E-state index is -3.36. The van der Waals surface area contributed by atoms with Crippen molar-refractivity contribution in [3.8, 4) is 0 Å². The van der Waals surface area contributed by atoms with E-state index in [1.165, 1.54) is 38.5 Å². The molecule has 0 spiro atoms. The van der Waals surface area contributed by atoms with Crippen molar-refractivity contribution < 1.29 is 18.3 Å². The van der Waals surface area contributed by atoms with E-state index in [9.17, 15) is 8.78 Å². The van der Waals surface area contributed by atoms with Crippen LogP contribution in [0.25, 0.3) is 0 Å². The molecule has 1 saturated heterocycles. The van der Waals surface area contributed by atoms with Crippen molar-refractivity contribution in [3.05, 3.63) is 0 Å². The molecule has 1 unspecified atom stereocenters. The Morgan fingerprint density at radius 2 is 1.58 bits per heavy atom. The summed E-state index contributed by atoms with van der Waals surface area (Å²) in [6.45, 7) is 2.36. The van der Waals surface area contributed by atoms with Crippen LogP contribution in [-0.2, 0) is 9.47 Å². The molecule has 19 heavy (non-hydrogen) atoms. The summed E-state index contributed by atoms with van der Waals surface area (Å²) in [7, 11) is 0. The molecule has 112 valence electrons. The second kappa shape index (κ2) is 6.98. The summed E-state index contributed by atoms with van der Waals surface area (Å²) < 4.78 is 34.8. The van der Waals surface area contributed by atoms with Crippen LogP contribution in [-0.4, -0.2) is 19.0 Å². The molecule has 1 heterocycles. The summed E-state index contributed by atoms with van der Waals surface area (Å²) in [5.41, 5.74) is 0. The van der Waals surface area contributed by atoms with E-state index in [0.29, 0.717) is 12.3 Å². The largest absolute Gasteiger partial charge is 0.485 e. The first-order chi connectivity index (χ1) is 9.09. The van der Waals surface area contributed by atoms with Crippen molar-refractivity contribution in [2.45, 2.75) is 77.1 Å². The summed E-state index contributed by atoms with van der Waals surface area (Å²) in [6, 6.07) is 0. The van der Waals surface area contributed by atoms with E-state index in [0.717, 1.165) is 18.8 Å². The second-order valence-corrected chi connectivity index (χ2v) is 6.09. The molecule has 1 aliphatic carbocycles. The van der Waals surface area contributed by atoms with Gasteiger partial charge in [0.2, 0.25) is 0 Å². The molecule has 2 fully saturated rings. The van der Waals surface area contributed by atoms with Crippen LogP contribution in [0.1, 0.15) is 64.7 Å². The van der Waals surface area contributed by atoms with E-state index >= 15 is 0 Å². The number of halogens is 2. The van der Waals surface area contributed by atoms with Gasteiger partial charge in [-0.2, -0.15) is 0 Å². The van der Waals surface area contributed by atoms with Gasteiger partial charge in [0, 0.05) is 0 Å². The van der Waals surface area contributed by atoms with Crippen molar-refractivity contribution in [2.24, 2.45) is 11.8 Å². The van der Waals surface area contributed by atoms with Crippen molar-refractivity contribution in [1.82, 2.24) is 0 Å². The Morgan fingerprint density at radius 1 is 0.947 bits per heavy atom. The van der Waals surface area contributed by atoms with Crippen LogP contribution < -0.4 is 0 Å². The average Bonchev–Trinajstić information content (AvgIpc) is 2.37. The molecular formula is C15H26F2O2. The Morgan fingerprint density at radius 3 is 2.16 bits per heavy atom. The molecule has 2 aliphatic rings. The minimum absolute atomic E-state index is 0.112. The minimum Gasteiger partial charge on any atom is -0.296 e. The molecule has 4 heteroatoms. The van der Waals surface area contributed by atoms with Gasteiger partial charge in [0.15, 0.2) is 0 Å². The van der Waals surface area contributed by atoms with Crippen molar-refractivity contribution in [3.63, 3.8) is 0 Å². The van der Waals surface area contributed by atoms with Crippen LogP contribution >= 0.6 is 0 Å². The van der Waals surface area contributed by atoms with Gasteiger partial charge in [0.25, 0.3) is 0 Å². The number of rotatable bonds is 5. The van der Waals surface area contributed by atoms with E-state index in [1.54, 1.807) is 0 Å². The fourth-order valence-corrected chi connectivity index (χ4v) is 3.44. The molecule has 0 aromatic carbocycles. The van der Waals surface area contributed by atoms with Gasteiger partial charge in [-0.3, -0.25) is 9.47 Å². The standard InChI is InChI=1S/C15H26F2O2/c1-2-3-12-4-6-13(7-5-12)8-9-14-10-11-18-15(16,17)19-14/h12-14H,2-11H2,1H3. The van der Waals surface area contributed by atoms with Gasteiger partial charge < -0.3 is 0 Å². The highest BCUT2D eigenvalue weighted by molar-refractivity contribution is 4.74. The van der Waals surface area contributed by atoms with E-state index in [-0.39, 0.29) is 12.7 Å². The van der Waals surface area contributed by atoms with Gasteiger partial charge in [0.1, 0.15) is 0 Å². The van der Waals surface area contributed by atoms with Crippen LogP contribution in [0.4, 0.5) is 8.78 Å². The third-order valence-electron chi connectivity index (χ3n) is 4.57. The lowest BCUT2D eigenvalue weighted by Gasteiger charge is -2.32. The Bertz CT molecular complexity index is 263. The SMILES string of the molecule is CCCC1CCC(CCC2CCOC(F)(F)O2)CC1. The molecule has 0 bridgehead atoms. The summed E-state index contributed by atoms with van der Waals surface area (Å²) in [4.78, 5) is 0. The number of ether oxygens (including phenoxy) is 2. The fraction of sp³-hybridized carbons (Fsp3) is 1.00. The van der Waals surface area contributed by atoms with Gasteiger partial charge in [0.05, 0.1) is 12.7 Å². The van der Waals surface area contributed by atoms with Crippen LogP contribution in [0.15, 0.2) is 0 Å². The number of alkyl halides is 2. The fourth-order valence-electron chi connectivity index (χ4n) is 3.44. The topological polar surface area (TPSA) is 18.5 Å². The van der Waals surface area contributed by atoms with E-state index in [4.69, 9.17) is 0 Å². The maximum Gasteiger partial charge on any atom is 0.485 e. The molecular weight excluding hydrogens is 250 g/mol. The smallest absolute Gasteiger partial charge is 0.296 e. The third-order valence-corrected chi connectivity index (χ3v) is 4.57. The lowest BCUT2D eigenvalue weighted by Crippen LogP contribution is -2.37. The highest BCUT2D eigenvalue weighted by Crippen LogP contribution is 2.35. The zero-order valence-corrected chi connectivity index (χ0v) is 11.9. The van der Waals surface area contributed by atoms with E-state index < -0.39 is 6.29 Å². The maximum atomic E-state index is 12.9. The highest BCUT2D eigenvalue weighted by Gasteiger charge is 2.39. The Labute approximate surface area is 114 Å². The molecule has 1 atom stereocenters. The van der Waals surface area contributed by atoms with E-state index in [2.05, 4.69) is 16.4 Å². The number of hydrogen-bond donors (Lipinski definition) is 0. The van der Waals surface area contributed by atoms with Crippen molar-refractivity contribution in [1.29, 1.82) is 0 Å². The monoisotopic (exact) mass is 276 g/mol. The molecule has 1 aliphatic heterocycles. The van der Waals surface area contributed by atoms with Gasteiger partial charge in [-0.25, -0.2) is 0 Å². The van der Waals surface area contributed by atoms with Crippen molar-refractivity contribution in [2.75, 3.05) is 6.61 Å². The first-order valence-corrected chi connectivity index (χ1v) is 7.78. The molecule has 2 nitrogen and oxygen atoms in total. The Hall–Kier alpha value is -0.220. The first kappa shape index (κ1) is 15.2. The summed E-state index contributed by atoms with van der Waals surface area (Å²) in [6.07, 6.45) is 6.50. The summed E-state index contributed by atoms with van der Waals surface area (Å²) in [5, 5.41) is 0. The molecule has 0 amide bonds. The Kier molecular flexibility index (Phi) is 5.58.